The number of amides is 1. The molecule has 98 valence electrons. The first-order chi connectivity index (χ1) is 8.47. The average Bonchev–Trinajstić information content (AvgIpc) is 2.29. The highest BCUT2D eigenvalue weighted by Crippen LogP contribution is 2.28. The van der Waals surface area contributed by atoms with Crippen LogP contribution in [0.25, 0.3) is 0 Å². The molecule has 0 bridgehead atoms. The van der Waals surface area contributed by atoms with Gasteiger partial charge in [-0.2, -0.15) is 0 Å². The third-order valence-electron chi connectivity index (χ3n) is 3.52. The van der Waals surface area contributed by atoms with Gasteiger partial charge in [-0.3, -0.25) is 4.79 Å². The van der Waals surface area contributed by atoms with Gasteiger partial charge in [-0.05, 0) is 43.4 Å². The van der Waals surface area contributed by atoms with Gasteiger partial charge in [0.25, 0.3) is 5.91 Å². The van der Waals surface area contributed by atoms with Crippen molar-refractivity contribution in [1.82, 2.24) is 4.90 Å². The summed E-state index contributed by atoms with van der Waals surface area (Å²) in [7, 11) is 1.83. The molecule has 1 aliphatic rings. The van der Waals surface area contributed by atoms with E-state index in [-0.39, 0.29) is 12.0 Å². The van der Waals surface area contributed by atoms with Crippen LogP contribution in [0.2, 0.25) is 0 Å². The summed E-state index contributed by atoms with van der Waals surface area (Å²) in [6.45, 7) is 2.67. The maximum absolute atomic E-state index is 12.3. The summed E-state index contributed by atoms with van der Waals surface area (Å²) >= 11 is 3.39. The van der Waals surface area contributed by atoms with Gasteiger partial charge >= 0.3 is 0 Å². The summed E-state index contributed by atoms with van der Waals surface area (Å²) in [6.07, 6.45) is 1.47. The zero-order valence-corrected chi connectivity index (χ0v) is 12.3. The summed E-state index contributed by atoms with van der Waals surface area (Å²) in [5.74, 6) is 0.497. The van der Waals surface area contributed by atoms with Crippen LogP contribution in [0, 0.1) is 12.8 Å². The Balaban J connectivity index is 2.03. The Hall–Kier alpha value is -0.870. The number of aliphatic hydroxyl groups is 1. The van der Waals surface area contributed by atoms with Crippen LogP contribution in [0.1, 0.15) is 28.8 Å². The van der Waals surface area contributed by atoms with E-state index in [0.717, 1.165) is 35.0 Å². The van der Waals surface area contributed by atoms with Crippen LogP contribution in [0.4, 0.5) is 0 Å². The minimum atomic E-state index is -0.161. The van der Waals surface area contributed by atoms with Gasteiger partial charge in [-0.15, -0.1) is 0 Å². The minimum absolute atomic E-state index is 0.0511. The Morgan fingerprint density at radius 3 is 2.78 bits per heavy atom. The minimum Gasteiger partial charge on any atom is -0.393 e. The maximum Gasteiger partial charge on any atom is 0.253 e. The summed E-state index contributed by atoms with van der Waals surface area (Å²) < 4.78 is 0.920. The summed E-state index contributed by atoms with van der Waals surface area (Å²) in [6, 6.07) is 5.75. The molecule has 3 nitrogen and oxygen atoms in total. The zero-order chi connectivity index (χ0) is 13.3. The molecule has 0 saturated heterocycles. The average molecular weight is 312 g/mol. The number of hydrogen-bond acceptors (Lipinski definition) is 2. The quantitative estimate of drug-likeness (QED) is 0.932. The first-order valence-electron chi connectivity index (χ1n) is 6.17. The molecular formula is C14H18BrNO2. The Labute approximate surface area is 116 Å². The van der Waals surface area contributed by atoms with E-state index in [0.29, 0.717) is 5.92 Å². The Morgan fingerprint density at radius 2 is 2.17 bits per heavy atom. The second kappa shape index (κ2) is 5.41. The number of rotatable bonds is 3. The van der Waals surface area contributed by atoms with Gasteiger partial charge in [-0.25, -0.2) is 0 Å². The van der Waals surface area contributed by atoms with Gasteiger partial charge in [0.2, 0.25) is 0 Å². The third kappa shape index (κ3) is 2.93. The number of hydrogen-bond donors (Lipinski definition) is 1. The van der Waals surface area contributed by atoms with E-state index in [1.807, 2.05) is 32.2 Å². The lowest BCUT2D eigenvalue weighted by Gasteiger charge is -2.34. The van der Waals surface area contributed by atoms with E-state index >= 15 is 0 Å². The van der Waals surface area contributed by atoms with Crippen LogP contribution >= 0.6 is 15.9 Å². The standard InChI is InChI=1S/C14H18BrNO2/c1-9-3-4-11(15)7-13(9)14(18)16(2)8-10-5-12(17)6-10/h3-4,7,10,12,17H,5-6,8H2,1-2H3. The second-order valence-electron chi connectivity index (χ2n) is 5.14. The molecule has 18 heavy (non-hydrogen) atoms. The molecule has 1 saturated carbocycles. The Morgan fingerprint density at radius 1 is 1.50 bits per heavy atom. The number of carbonyl (C=O) groups excluding carboxylic acids is 1. The SMILES string of the molecule is Cc1ccc(Br)cc1C(=O)N(C)CC1CC(O)C1. The summed E-state index contributed by atoms with van der Waals surface area (Å²) in [5, 5.41) is 9.26. The largest absolute Gasteiger partial charge is 0.393 e. The van der Waals surface area contributed by atoms with Gasteiger partial charge in [0, 0.05) is 23.6 Å². The number of aryl methyl sites for hydroxylation is 1. The Kier molecular flexibility index (Phi) is 4.07. The van der Waals surface area contributed by atoms with Crippen molar-refractivity contribution < 1.29 is 9.90 Å². The predicted molar refractivity (Wildman–Crippen MR) is 74.6 cm³/mol. The van der Waals surface area contributed by atoms with E-state index in [2.05, 4.69) is 15.9 Å². The maximum atomic E-state index is 12.3. The van der Waals surface area contributed by atoms with Crippen molar-refractivity contribution in [3.63, 3.8) is 0 Å². The van der Waals surface area contributed by atoms with Gasteiger partial charge in [0.05, 0.1) is 6.10 Å². The molecule has 0 atom stereocenters. The summed E-state index contributed by atoms with van der Waals surface area (Å²) in [4.78, 5) is 14.1. The lowest BCUT2D eigenvalue weighted by Crippen LogP contribution is -2.39. The predicted octanol–water partition coefficient (Wildman–Crippen LogP) is 2.60. The van der Waals surface area contributed by atoms with Crippen molar-refractivity contribution in [2.45, 2.75) is 25.9 Å². The summed E-state index contributed by atoms with van der Waals surface area (Å²) in [5.41, 5.74) is 1.73. The van der Waals surface area contributed by atoms with Crippen molar-refractivity contribution in [3.8, 4) is 0 Å². The number of aliphatic hydroxyl groups excluding tert-OH is 1. The van der Waals surface area contributed by atoms with E-state index in [1.54, 1.807) is 4.90 Å². The fourth-order valence-corrected chi connectivity index (χ4v) is 2.71. The topological polar surface area (TPSA) is 40.5 Å². The van der Waals surface area contributed by atoms with Crippen LogP contribution in [0.5, 0.6) is 0 Å². The van der Waals surface area contributed by atoms with Crippen molar-refractivity contribution >= 4 is 21.8 Å². The molecule has 0 aliphatic heterocycles. The molecule has 2 rings (SSSR count). The molecule has 1 aromatic carbocycles. The first kappa shape index (κ1) is 13.6. The number of carbonyl (C=O) groups is 1. The fourth-order valence-electron chi connectivity index (χ4n) is 2.35. The van der Waals surface area contributed by atoms with E-state index < -0.39 is 0 Å². The lowest BCUT2D eigenvalue weighted by molar-refractivity contribution is 0.0265. The van der Waals surface area contributed by atoms with Gasteiger partial charge in [0.1, 0.15) is 0 Å². The van der Waals surface area contributed by atoms with Crippen molar-refractivity contribution in [2.75, 3.05) is 13.6 Å². The molecule has 1 N–H and O–H groups in total. The normalized spacial score (nSPS) is 22.4. The van der Waals surface area contributed by atoms with E-state index in [1.165, 1.54) is 0 Å². The molecular weight excluding hydrogens is 294 g/mol. The molecule has 0 heterocycles. The number of benzene rings is 1. The highest BCUT2D eigenvalue weighted by Gasteiger charge is 2.29. The molecule has 0 spiro atoms. The fraction of sp³-hybridized carbons (Fsp3) is 0.500. The van der Waals surface area contributed by atoms with Gasteiger partial charge in [-0.1, -0.05) is 22.0 Å². The smallest absolute Gasteiger partial charge is 0.253 e. The van der Waals surface area contributed by atoms with Crippen LogP contribution in [0.15, 0.2) is 22.7 Å². The molecule has 4 heteroatoms. The van der Waals surface area contributed by atoms with Crippen molar-refractivity contribution in [2.24, 2.45) is 5.92 Å². The molecule has 0 aromatic heterocycles. The number of halogens is 1. The molecule has 1 amide bonds. The van der Waals surface area contributed by atoms with Gasteiger partial charge in [0.15, 0.2) is 0 Å². The highest BCUT2D eigenvalue weighted by molar-refractivity contribution is 9.10. The number of nitrogens with zero attached hydrogens (tertiary/aromatic N) is 1. The second-order valence-corrected chi connectivity index (χ2v) is 6.05. The monoisotopic (exact) mass is 311 g/mol. The molecule has 1 fully saturated rings. The molecule has 0 radical (unpaired) electrons. The van der Waals surface area contributed by atoms with Crippen molar-refractivity contribution in [3.05, 3.63) is 33.8 Å². The van der Waals surface area contributed by atoms with Crippen LogP contribution in [-0.2, 0) is 0 Å². The van der Waals surface area contributed by atoms with Gasteiger partial charge < -0.3 is 10.0 Å². The van der Waals surface area contributed by atoms with Crippen molar-refractivity contribution in [1.29, 1.82) is 0 Å². The van der Waals surface area contributed by atoms with Crippen LogP contribution in [-0.4, -0.2) is 35.6 Å². The molecule has 0 unspecified atom stereocenters. The lowest BCUT2D eigenvalue weighted by atomic mass is 9.82. The molecule has 1 aliphatic carbocycles. The van der Waals surface area contributed by atoms with Crippen LogP contribution < -0.4 is 0 Å². The third-order valence-corrected chi connectivity index (χ3v) is 4.01. The Bertz CT molecular complexity index is 455. The van der Waals surface area contributed by atoms with Crippen LogP contribution in [0.3, 0.4) is 0 Å². The molecule has 1 aromatic rings. The zero-order valence-electron chi connectivity index (χ0n) is 10.7. The van der Waals surface area contributed by atoms with E-state index in [9.17, 15) is 9.90 Å². The van der Waals surface area contributed by atoms with E-state index in [4.69, 9.17) is 0 Å². The first-order valence-corrected chi connectivity index (χ1v) is 6.96. The highest BCUT2D eigenvalue weighted by atomic mass is 79.9.